The maximum Gasteiger partial charge on any atom is 0.191 e. The second-order valence-electron chi connectivity index (χ2n) is 5.06. The molecule has 17 heavy (non-hydrogen) atoms. The standard InChI is InChI=1S/C12H23N3OS/c13-11(15-6-8-17-9-7-15)14-10-12(16)4-2-1-3-5-12/h16H,1-10H2,(H2,13,14). The summed E-state index contributed by atoms with van der Waals surface area (Å²) in [4.78, 5) is 6.53. The number of rotatable bonds is 2. The first-order valence-corrected chi connectivity index (χ1v) is 7.70. The number of nitrogens with zero attached hydrogens (tertiary/aromatic N) is 2. The summed E-state index contributed by atoms with van der Waals surface area (Å²) in [5.74, 6) is 2.87. The Bertz CT molecular complexity index is 271. The number of aliphatic imine (C=N–C) groups is 1. The Labute approximate surface area is 108 Å². The largest absolute Gasteiger partial charge is 0.388 e. The molecule has 1 aliphatic heterocycles. The van der Waals surface area contributed by atoms with Crippen molar-refractivity contribution >= 4 is 17.7 Å². The molecule has 1 saturated heterocycles. The van der Waals surface area contributed by atoms with Crippen LogP contribution in [0.5, 0.6) is 0 Å². The third-order valence-electron chi connectivity index (χ3n) is 3.65. The highest BCUT2D eigenvalue weighted by molar-refractivity contribution is 7.99. The lowest BCUT2D eigenvalue weighted by Crippen LogP contribution is -2.44. The Kier molecular flexibility index (Phi) is 4.56. The molecule has 0 atom stereocenters. The van der Waals surface area contributed by atoms with Gasteiger partial charge in [0.1, 0.15) is 0 Å². The normalized spacial score (nSPS) is 25.9. The molecule has 98 valence electrons. The van der Waals surface area contributed by atoms with E-state index in [1.165, 1.54) is 6.42 Å². The van der Waals surface area contributed by atoms with E-state index in [1.807, 2.05) is 11.8 Å². The van der Waals surface area contributed by atoms with Gasteiger partial charge in [0.25, 0.3) is 0 Å². The zero-order chi connectivity index (χ0) is 12.1. The molecule has 0 aromatic carbocycles. The predicted octanol–water partition coefficient (Wildman–Crippen LogP) is 1.05. The third-order valence-corrected chi connectivity index (χ3v) is 4.60. The molecule has 0 spiro atoms. The molecule has 1 heterocycles. The molecular weight excluding hydrogens is 234 g/mol. The zero-order valence-electron chi connectivity index (χ0n) is 10.4. The van der Waals surface area contributed by atoms with Crippen LogP contribution >= 0.6 is 11.8 Å². The lowest BCUT2D eigenvalue weighted by atomic mass is 9.85. The van der Waals surface area contributed by atoms with Gasteiger partial charge in [-0.1, -0.05) is 19.3 Å². The summed E-state index contributed by atoms with van der Waals surface area (Å²) in [6.07, 6.45) is 5.22. The van der Waals surface area contributed by atoms with Gasteiger partial charge in [-0.15, -0.1) is 0 Å². The van der Waals surface area contributed by atoms with E-state index in [0.29, 0.717) is 12.5 Å². The minimum Gasteiger partial charge on any atom is -0.388 e. The highest BCUT2D eigenvalue weighted by Crippen LogP contribution is 2.28. The molecule has 2 rings (SSSR count). The zero-order valence-corrected chi connectivity index (χ0v) is 11.2. The Morgan fingerprint density at radius 2 is 1.88 bits per heavy atom. The molecule has 3 N–H and O–H groups in total. The molecule has 0 radical (unpaired) electrons. The molecular formula is C12H23N3OS. The number of aliphatic hydroxyl groups is 1. The van der Waals surface area contributed by atoms with Gasteiger partial charge >= 0.3 is 0 Å². The average molecular weight is 257 g/mol. The van der Waals surface area contributed by atoms with Gasteiger partial charge in [-0.2, -0.15) is 11.8 Å². The van der Waals surface area contributed by atoms with Gasteiger partial charge in [-0.3, -0.25) is 4.99 Å². The van der Waals surface area contributed by atoms with Crippen LogP contribution in [-0.4, -0.2) is 52.7 Å². The number of hydrogen-bond acceptors (Lipinski definition) is 3. The summed E-state index contributed by atoms with van der Waals surface area (Å²) in [6, 6.07) is 0. The fourth-order valence-corrected chi connectivity index (χ4v) is 3.39. The van der Waals surface area contributed by atoms with Crippen LogP contribution in [0.2, 0.25) is 0 Å². The van der Waals surface area contributed by atoms with Crippen LogP contribution in [0.1, 0.15) is 32.1 Å². The van der Waals surface area contributed by atoms with E-state index >= 15 is 0 Å². The third kappa shape index (κ3) is 3.78. The van der Waals surface area contributed by atoms with E-state index < -0.39 is 5.60 Å². The summed E-state index contributed by atoms with van der Waals surface area (Å²) in [5, 5.41) is 10.3. The van der Waals surface area contributed by atoms with Crippen molar-refractivity contribution in [2.45, 2.75) is 37.7 Å². The highest BCUT2D eigenvalue weighted by atomic mass is 32.2. The summed E-state index contributed by atoms with van der Waals surface area (Å²) in [6.45, 7) is 2.44. The predicted molar refractivity (Wildman–Crippen MR) is 73.4 cm³/mol. The van der Waals surface area contributed by atoms with E-state index in [-0.39, 0.29) is 0 Å². The van der Waals surface area contributed by atoms with Gasteiger partial charge in [-0.25, -0.2) is 0 Å². The number of guanidine groups is 1. The average Bonchev–Trinajstić information content (AvgIpc) is 2.38. The monoisotopic (exact) mass is 257 g/mol. The summed E-state index contributed by atoms with van der Waals surface area (Å²) < 4.78 is 0. The Morgan fingerprint density at radius 1 is 1.24 bits per heavy atom. The van der Waals surface area contributed by atoms with Crippen molar-refractivity contribution in [3.8, 4) is 0 Å². The minimum atomic E-state index is -0.590. The SMILES string of the molecule is NC(=NCC1(O)CCCCC1)N1CCSCC1. The lowest BCUT2D eigenvalue weighted by Gasteiger charge is -2.32. The van der Waals surface area contributed by atoms with Crippen molar-refractivity contribution in [3.05, 3.63) is 0 Å². The molecule has 1 saturated carbocycles. The van der Waals surface area contributed by atoms with E-state index in [1.54, 1.807) is 0 Å². The van der Waals surface area contributed by atoms with Gasteiger partial charge in [0.2, 0.25) is 0 Å². The molecule has 0 aromatic rings. The number of hydrogen-bond donors (Lipinski definition) is 2. The lowest BCUT2D eigenvalue weighted by molar-refractivity contribution is 0.0130. The van der Waals surface area contributed by atoms with Crippen molar-refractivity contribution in [3.63, 3.8) is 0 Å². The van der Waals surface area contributed by atoms with E-state index in [2.05, 4.69) is 9.89 Å². The molecule has 2 fully saturated rings. The molecule has 0 unspecified atom stereocenters. The topological polar surface area (TPSA) is 61.9 Å². The van der Waals surface area contributed by atoms with Crippen LogP contribution in [-0.2, 0) is 0 Å². The molecule has 4 nitrogen and oxygen atoms in total. The van der Waals surface area contributed by atoms with Gasteiger partial charge in [0.05, 0.1) is 12.1 Å². The molecule has 0 bridgehead atoms. The number of nitrogens with two attached hydrogens (primary N) is 1. The first-order valence-electron chi connectivity index (χ1n) is 6.55. The van der Waals surface area contributed by atoms with Crippen molar-refractivity contribution in [2.24, 2.45) is 10.7 Å². The maximum absolute atomic E-state index is 10.3. The van der Waals surface area contributed by atoms with E-state index in [4.69, 9.17) is 5.73 Å². The van der Waals surface area contributed by atoms with Crippen molar-refractivity contribution < 1.29 is 5.11 Å². The first kappa shape index (κ1) is 13.0. The second kappa shape index (κ2) is 5.96. The minimum absolute atomic E-state index is 0.475. The maximum atomic E-state index is 10.3. The molecule has 0 aromatic heterocycles. The van der Waals surface area contributed by atoms with Crippen LogP contribution < -0.4 is 5.73 Å². The fourth-order valence-electron chi connectivity index (χ4n) is 2.49. The van der Waals surface area contributed by atoms with Crippen molar-refractivity contribution in [1.82, 2.24) is 4.90 Å². The quantitative estimate of drug-likeness (QED) is 0.573. The molecule has 1 aliphatic carbocycles. The van der Waals surface area contributed by atoms with Gasteiger partial charge in [0, 0.05) is 24.6 Å². The summed E-state index contributed by atoms with van der Waals surface area (Å²) >= 11 is 1.96. The Hall–Kier alpha value is -0.420. The molecule has 0 amide bonds. The van der Waals surface area contributed by atoms with E-state index in [9.17, 15) is 5.11 Å². The Morgan fingerprint density at radius 3 is 2.53 bits per heavy atom. The second-order valence-corrected chi connectivity index (χ2v) is 6.28. The number of thioether (sulfide) groups is 1. The first-order chi connectivity index (χ1) is 8.20. The van der Waals surface area contributed by atoms with Crippen LogP contribution in [0.4, 0.5) is 0 Å². The van der Waals surface area contributed by atoms with Gasteiger partial charge in [0.15, 0.2) is 5.96 Å². The van der Waals surface area contributed by atoms with Crippen LogP contribution in [0, 0.1) is 0 Å². The molecule has 2 aliphatic rings. The Balaban J connectivity index is 1.85. The summed E-state index contributed by atoms with van der Waals surface area (Å²) in [5.41, 5.74) is 5.39. The van der Waals surface area contributed by atoms with Gasteiger partial charge in [-0.05, 0) is 12.8 Å². The van der Waals surface area contributed by atoms with Crippen molar-refractivity contribution in [1.29, 1.82) is 0 Å². The van der Waals surface area contributed by atoms with E-state index in [0.717, 1.165) is 50.3 Å². The van der Waals surface area contributed by atoms with Crippen LogP contribution in [0.15, 0.2) is 4.99 Å². The smallest absolute Gasteiger partial charge is 0.191 e. The fraction of sp³-hybridized carbons (Fsp3) is 0.917. The highest BCUT2D eigenvalue weighted by Gasteiger charge is 2.29. The van der Waals surface area contributed by atoms with Crippen LogP contribution in [0.25, 0.3) is 0 Å². The molecule has 5 heteroatoms. The van der Waals surface area contributed by atoms with Crippen molar-refractivity contribution in [2.75, 3.05) is 31.1 Å². The summed E-state index contributed by atoms with van der Waals surface area (Å²) in [7, 11) is 0. The van der Waals surface area contributed by atoms with Gasteiger partial charge < -0.3 is 15.7 Å². The van der Waals surface area contributed by atoms with Crippen LogP contribution in [0.3, 0.4) is 0 Å².